The highest BCUT2D eigenvalue weighted by Crippen LogP contribution is 2.30. The van der Waals surface area contributed by atoms with Crippen molar-refractivity contribution in [2.24, 2.45) is 0 Å². The van der Waals surface area contributed by atoms with Crippen LogP contribution in [0.2, 0.25) is 0 Å². The number of hydrogen-bond donors (Lipinski definition) is 1. The molecule has 2 aromatic carbocycles. The van der Waals surface area contributed by atoms with Crippen LogP contribution in [0.15, 0.2) is 41.3 Å². The summed E-state index contributed by atoms with van der Waals surface area (Å²) in [6.07, 6.45) is 2.41. The standard InChI is InChI=1S/C23H25FN4O3S/c1-14-12-18(32(30,31)27(3)4)13-20(15(14)2)25-23(29)22-19-6-5-7-21(19)28(26-22)17-10-8-16(24)9-11-17/h8-13H,5-7H2,1-4H3,(H,25,29). The summed E-state index contributed by atoms with van der Waals surface area (Å²) in [6, 6.07) is 9.06. The molecule has 1 aliphatic rings. The quantitative estimate of drug-likeness (QED) is 0.636. The number of halogens is 1. The molecule has 1 amide bonds. The maximum atomic E-state index is 13.3. The highest BCUT2D eigenvalue weighted by atomic mass is 32.2. The SMILES string of the molecule is Cc1cc(S(=O)(=O)N(C)C)cc(NC(=O)c2nn(-c3ccc(F)cc3)c3c2CCC3)c1C. The monoisotopic (exact) mass is 456 g/mol. The van der Waals surface area contributed by atoms with E-state index in [1.165, 1.54) is 32.3 Å². The van der Waals surface area contributed by atoms with Gasteiger partial charge in [0.2, 0.25) is 10.0 Å². The van der Waals surface area contributed by atoms with Gasteiger partial charge in [-0.25, -0.2) is 21.8 Å². The van der Waals surface area contributed by atoms with Gasteiger partial charge in [0.1, 0.15) is 5.82 Å². The number of benzene rings is 2. The Hall–Kier alpha value is -3.04. The minimum atomic E-state index is -3.65. The number of sulfonamides is 1. The third kappa shape index (κ3) is 3.82. The first-order chi connectivity index (χ1) is 15.1. The number of fused-ring (bicyclic) bond motifs is 1. The van der Waals surface area contributed by atoms with E-state index in [4.69, 9.17) is 0 Å². The minimum absolute atomic E-state index is 0.114. The molecule has 7 nitrogen and oxygen atoms in total. The maximum absolute atomic E-state index is 13.3. The fourth-order valence-electron chi connectivity index (χ4n) is 3.91. The number of rotatable bonds is 5. The summed E-state index contributed by atoms with van der Waals surface area (Å²) in [5, 5.41) is 7.40. The van der Waals surface area contributed by atoms with Gasteiger partial charge in [0.25, 0.3) is 5.91 Å². The molecule has 0 atom stereocenters. The van der Waals surface area contributed by atoms with Crippen molar-refractivity contribution in [3.63, 3.8) is 0 Å². The number of aromatic nitrogens is 2. The molecule has 0 radical (unpaired) electrons. The van der Waals surface area contributed by atoms with Crippen LogP contribution in [-0.2, 0) is 22.9 Å². The van der Waals surface area contributed by atoms with Gasteiger partial charge in [0, 0.05) is 31.0 Å². The van der Waals surface area contributed by atoms with Gasteiger partial charge in [0.05, 0.1) is 10.6 Å². The predicted molar refractivity (Wildman–Crippen MR) is 120 cm³/mol. The molecule has 168 valence electrons. The Morgan fingerprint density at radius 3 is 2.47 bits per heavy atom. The average Bonchev–Trinajstić information content (AvgIpc) is 3.34. The van der Waals surface area contributed by atoms with Gasteiger partial charge in [-0.2, -0.15) is 5.10 Å². The summed E-state index contributed by atoms with van der Waals surface area (Å²) in [4.78, 5) is 13.3. The lowest BCUT2D eigenvalue weighted by Gasteiger charge is -2.16. The van der Waals surface area contributed by atoms with Crippen LogP contribution in [0.25, 0.3) is 5.69 Å². The summed E-state index contributed by atoms with van der Waals surface area (Å²) in [5.41, 5.74) is 4.78. The van der Waals surface area contributed by atoms with Crippen molar-refractivity contribution in [3.8, 4) is 5.69 Å². The molecule has 1 aromatic heterocycles. The average molecular weight is 457 g/mol. The van der Waals surface area contributed by atoms with E-state index < -0.39 is 15.9 Å². The smallest absolute Gasteiger partial charge is 0.276 e. The number of anilines is 1. The number of carbonyl (C=O) groups excluding carboxylic acids is 1. The van der Waals surface area contributed by atoms with Gasteiger partial charge in [0.15, 0.2) is 5.69 Å². The molecule has 0 aliphatic heterocycles. The third-order valence-corrected chi connectivity index (χ3v) is 7.68. The van der Waals surface area contributed by atoms with Crippen molar-refractivity contribution >= 4 is 21.6 Å². The molecule has 0 fully saturated rings. The third-order valence-electron chi connectivity index (χ3n) is 5.88. The van der Waals surface area contributed by atoms with Gasteiger partial charge in [-0.3, -0.25) is 4.79 Å². The van der Waals surface area contributed by atoms with Gasteiger partial charge in [-0.05, 0) is 80.6 Å². The number of carbonyl (C=O) groups is 1. The van der Waals surface area contributed by atoms with Crippen LogP contribution >= 0.6 is 0 Å². The van der Waals surface area contributed by atoms with E-state index in [1.807, 2.05) is 6.92 Å². The van der Waals surface area contributed by atoms with Crippen molar-refractivity contribution in [1.82, 2.24) is 14.1 Å². The molecule has 1 aliphatic carbocycles. The molecule has 9 heteroatoms. The van der Waals surface area contributed by atoms with E-state index in [9.17, 15) is 17.6 Å². The van der Waals surface area contributed by atoms with E-state index in [2.05, 4.69) is 10.4 Å². The summed E-state index contributed by atoms with van der Waals surface area (Å²) >= 11 is 0. The van der Waals surface area contributed by atoms with E-state index in [0.29, 0.717) is 17.1 Å². The molecule has 0 bridgehead atoms. The van der Waals surface area contributed by atoms with E-state index in [1.54, 1.807) is 29.8 Å². The van der Waals surface area contributed by atoms with E-state index >= 15 is 0 Å². The van der Waals surface area contributed by atoms with Crippen LogP contribution in [-0.4, -0.2) is 42.5 Å². The molecule has 0 saturated carbocycles. The Morgan fingerprint density at radius 2 is 1.81 bits per heavy atom. The Balaban J connectivity index is 1.72. The molecule has 4 rings (SSSR count). The first-order valence-electron chi connectivity index (χ1n) is 10.3. The van der Waals surface area contributed by atoms with Crippen LogP contribution < -0.4 is 5.32 Å². The summed E-state index contributed by atoms with van der Waals surface area (Å²) in [7, 11) is -0.720. The number of amides is 1. The summed E-state index contributed by atoms with van der Waals surface area (Å²) in [6.45, 7) is 3.64. The van der Waals surface area contributed by atoms with E-state index in [0.717, 1.165) is 46.0 Å². The second-order valence-corrected chi connectivity index (χ2v) is 10.3. The zero-order valence-electron chi connectivity index (χ0n) is 18.4. The van der Waals surface area contributed by atoms with Crippen molar-refractivity contribution in [2.45, 2.75) is 38.0 Å². The molecule has 0 saturated heterocycles. The highest BCUT2D eigenvalue weighted by molar-refractivity contribution is 7.89. The fraction of sp³-hybridized carbons (Fsp3) is 0.304. The lowest BCUT2D eigenvalue weighted by atomic mass is 10.1. The van der Waals surface area contributed by atoms with Crippen LogP contribution in [0.4, 0.5) is 10.1 Å². The Kier molecular flexibility index (Phi) is 5.64. The highest BCUT2D eigenvalue weighted by Gasteiger charge is 2.28. The summed E-state index contributed by atoms with van der Waals surface area (Å²) in [5.74, 6) is -0.736. The van der Waals surface area contributed by atoms with Crippen molar-refractivity contribution < 1.29 is 17.6 Å². The Labute approximate surface area is 186 Å². The van der Waals surface area contributed by atoms with Crippen molar-refractivity contribution in [2.75, 3.05) is 19.4 Å². The van der Waals surface area contributed by atoms with Gasteiger partial charge in [-0.1, -0.05) is 0 Å². The largest absolute Gasteiger partial charge is 0.320 e. The van der Waals surface area contributed by atoms with E-state index in [-0.39, 0.29) is 10.7 Å². The van der Waals surface area contributed by atoms with Crippen LogP contribution in [0.3, 0.4) is 0 Å². The first kappa shape index (κ1) is 22.2. The summed E-state index contributed by atoms with van der Waals surface area (Å²) < 4.78 is 41.4. The van der Waals surface area contributed by atoms with Gasteiger partial charge >= 0.3 is 0 Å². The topological polar surface area (TPSA) is 84.3 Å². The molecule has 32 heavy (non-hydrogen) atoms. The maximum Gasteiger partial charge on any atom is 0.276 e. The molecular formula is C23H25FN4O3S. The van der Waals surface area contributed by atoms with Crippen molar-refractivity contribution in [3.05, 3.63) is 70.3 Å². The van der Waals surface area contributed by atoms with Gasteiger partial charge in [-0.15, -0.1) is 0 Å². The molecule has 1 N–H and O–H groups in total. The zero-order chi connectivity index (χ0) is 23.2. The zero-order valence-corrected chi connectivity index (χ0v) is 19.3. The van der Waals surface area contributed by atoms with Crippen LogP contribution in [0.5, 0.6) is 0 Å². The van der Waals surface area contributed by atoms with Gasteiger partial charge < -0.3 is 5.32 Å². The molecule has 0 spiro atoms. The number of nitrogens with one attached hydrogen (secondary N) is 1. The Bertz CT molecular complexity index is 1310. The van der Waals surface area contributed by atoms with Crippen LogP contribution in [0, 0.1) is 19.7 Å². The minimum Gasteiger partial charge on any atom is -0.320 e. The first-order valence-corrected chi connectivity index (χ1v) is 11.8. The predicted octanol–water partition coefficient (Wildman–Crippen LogP) is 3.62. The number of nitrogens with zero attached hydrogens (tertiary/aromatic N) is 3. The molecule has 3 aromatic rings. The lowest BCUT2D eigenvalue weighted by Crippen LogP contribution is -2.23. The number of hydrogen-bond acceptors (Lipinski definition) is 4. The molecule has 0 unspecified atom stereocenters. The second kappa shape index (κ2) is 8.14. The van der Waals surface area contributed by atoms with Crippen LogP contribution in [0.1, 0.15) is 39.3 Å². The normalized spacial score (nSPS) is 13.4. The van der Waals surface area contributed by atoms with Crippen molar-refractivity contribution in [1.29, 1.82) is 0 Å². The number of aryl methyl sites for hydroxylation is 1. The Morgan fingerprint density at radius 1 is 1.12 bits per heavy atom. The second-order valence-electron chi connectivity index (χ2n) is 8.17. The lowest BCUT2D eigenvalue weighted by molar-refractivity contribution is 0.102. The molecule has 1 heterocycles. The molecular weight excluding hydrogens is 431 g/mol. The fourth-order valence-corrected chi connectivity index (χ4v) is 4.93.